The molecule has 1 heterocycles. The SMILES string of the molecule is CCC(C)NC(=O)CN1CCN(CC(=O)Nc2cccc(Cl)c2C)CC1. The summed E-state index contributed by atoms with van der Waals surface area (Å²) in [6, 6.07) is 5.70. The Bertz CT molecular complexity index is 630. The lowest BCUT2D eigenvalue weighted by Gasteiger charge is -2.34. The fourth-order valence-electron chi connectivity index (χ4n) is 2.87. The Labute approximate surface area is 160 Å². The standard InChI is InChI=1S/C19H29ClN4O2/c1-4-14(2)21-18(25)12-23-8-10-24(11-9-23)13-19(26)22-17-7-5-6-16(20)15(17)3/h5-7,14H,4,8-13H2,1-3H3,(H,21,25)(H,22,26). The smallest absolute Gasteiger partial charge is 0.238 e. The molecule has 0 bridgehead atoms. The number of carbonyl (C=O) groups is 2. The molecule has 2 rings (SSSR count). The third-order valence-corrected chi connectivity index (χ3v) is 5.17. The molecule has 0 aromatic heterocycles. The van der Waals surface area contributed by atoms with E-state index in [9.17, 15) is 9.59 Å². The van der Waals surface area contributed by atoms with Gasteiger partial charge < -0.3 is 10.6 Å². The zero-order chi connectivity index (χ0) is 19.1. The van der Waals surface area contributed by atoms with Gasteiger partial charge in [-0.1, -0.05) is 24.6 Å². The van der Waals surface area contributed by atoms with Crippen molar-refractivity contribution >= 4 is 29.1 Å². The van der Waals surface area contributed by atoms with E-state index < -0.39 is 0 Å². The van der Waals surface area contributed by atoms with Crippen molar-refractivity contribution in [2.24, 2.45) is 0 Å². The number of nitrogens with one attached hydrogen (secondary N) is 2. The maximum absolute atomic E-state index is 12.3. The van der Waals surface area contributed by atoms with Crippen LogP contribution in [-0.4, -0.2) is 66.9 Å². The molecule has 1 atom stereocenters. The van der Waals surface area contributed by atoms with Gasteiger partial charge in [0.1, 0.15) is 0 Å². The van der Waals surface area contributed by atoms with Crippen LogP contribution in [0.5, 0.6) is 0 Å². The van der Waals surface area contributed by atoms with Gasteiger partial charge in [-0.15, -0.1) is 0 Å². The number of amides is 2. The maximum Gasteiger partial charge on any atom is 0.238 e. The summed E-state index contributed by atoms with van der Waals surface area (Å²) in [6.45, 7) is 9.85. The molecular weight excluding hydrogens is 352 g/mol. The molecule has 1 saturated heterocycles. The number of halogens is 1. The summed E-state index contributed by atoms with van der Waals surface area (Å²) in [4.78, 5) is 28.5. The lowest BCUT2D eigenvalue weighted by atomic mass is 10.2. The fourth-order valence-corrected chi connectivity index (χ4v) is 3.04. The van der Waals surface area contributed by atoms with Gasteiger partial charge in [0, 0.05) is 42.9 Å². The van der Waals surface area contributed by atoms with Crippen molar-refractivity contribution in [3.05, 3.63) is 28.8 Å². The van der Waals surface area contributed by atoms with E-state index in [1.54, 1.807) is 0 Å². The molecule has 1 aromatic rings. The van der Waals surface area contributed by atoms with Gasteiger partial charge in [0.05, 0.1) is 13.1 Å². The van der Waals surface area contributed by atoms with E-state index in [1.165, 1.54) is 0 Å². The van der Waals surface area contributed by atoms with Gasteiger partial charge >= 0.3 is 0 Å². The first-order valence-corrected chi connectivity index (χ1v) is 9.56. The van der Waals surface area contributed by atoms with Crippen LogP contribution in [0.25, 0.3) is 0 Å². The van der Waals surface area contributed by atoms with Crippen molar-refractivity contribution in [2.75, 3.05) is 44.6 Å². The van der Waals surface area contributed by atoms with Crippen LogP contribution in [0.15, 0.2) is 18.2 Å². The Morgan fingerprint density at radius 2 is 1.69 bits per heavy atom. The minimum Gasteiger partial charge on any atom is -0.353 e. The highest BCUT2D eigenvalue weighted by atomic mass is 35.5. The highest BCUT2D eigenvalue weighted by Gasteiger charge is 2.21. The average molecular weight is 381 g/mol. The quantitative estimate of drug-likeness (QED) is 0.760. The highest BCUT2D eigenvalue weighted by Crippen LogP contribution is 2.22. The van der Waals surface area contributed by atoms with Gasteiger partial charge in [-0.3, -0.25) is 19.4 Å². The Kier molecular flexibility index (Phi) is 7.87. The van der Waals surface area contributed by atoms with Crippen LogP contribution >= 0.6 is 11.6 Å². The molecule has 1 unspecified atom stereocenters. The number of hydrogen-bond acceptors (Lipinski definition) is 4. The summed E-state index contributed by atoms with van der Waals surface area (Å²) in [5.41, 5.74) is 1.63. The monoisotopic (exact) mass is 380 g/mol. The number of nitrogens with zero attached hydrogens (tertiary/aromatic N) is 2. The summed E-state index contributed by atoms with van der Waals surface area (Å²) in [5, 5.41) is 6.56. The number of anilines is 1. The summed E-state index contributed by atoms with van der Waals surface area (Å²) in [7, 11) is 0. The molecule has 2 N–H and O–H groups in total. The predicted molar refractivity (Wildman–Crippen MR) is 106 cm³/mol. The third kappa shape index (κ3) is 6.27. The highest BCUT2D eigenvalue weighted by molar-refractivity contribution is 6.31. The zero-order valence-corrected chi connectivity index (χ0v) is 16.6. The van der Waals surface area contributed by atoms with Crippen molar-refractivity contribution in [3.63, 3.8) is 0 Å². The number of hydrogen-bond donors (Lipinski definition) is 2. The van der Waals surface area contributed by atoms with E-state index >= 15 is 0 Å². The van der Waals surface area contributed by atoms with E-state index in [0.29, 0.717) is 18.1 Å². The second-order valence-corrected chi connectivity index (χ2v) is 7.30. The van der Waals surface area contributed by atoms with Crippen LogP contribution in [0.3, 0.4) is 0 Å². The fraction of sp³-hybridized carbons (Fsp3) is 0.579. The molecule has 26 heavy (non-hydrogen) atoms. The second kappa shape index (κ2) is 9.90. The van der Waals surface area contributed by atoms with E-state index in [1.807, 2.05) is 32.0 Å². The number of piperazine rings is 1. The van der Waals surface area contributed by atoms with Crippen molar-refractivity contribution in [2.45, 2.75) is 33.2 Å². The molecule has 7 heteroatoms. The van der Waals surface area contributed by atoms with Gasteiger partial charge in [0.2, 0.25) is 11.8 Å². The number of rotatable bonds is 7. The van der Waals surface area contributed by atoms with Crippen LogP contribution in [0.4, 0.5) is 5.69 Å². The Morgan fingerprint density at radius 1 is 1.12 bits per heavy atom. The lowest BCUT2D eigenvalue weighted by molar-refractivity contribution is -0.124. The minimum atomic E-state index is -0.0432. The summed E-state index contributed by atoms with van der Waals surface area (Å²) in [5.74, 6) is 0.0281. The summed E-state index contributed by atoms with van der Waals surface area (Å²) >= 11 is 6.09. The Balaban J connectivity index is 1.73. The molecule has 144 valence electrons. The summed E-state index contributed by atoms with van der Waals surface area (Å²) in [6.07, 6.45) is 0.931. The molecule has 2 amide bonds. The first kappa shape index (κ1) is 20.7. The first-order valence-electron chi connectivity index (χ1n) is 9.18. The van der Waals surface area contributed by atoms with E-state index in [0.717, 1.165) is 43.9 Å². The normalized spacial score (nSPS) is 16.9. The van der Waals surface area contributed by atoms with Gasteiger partial charge in [0.15, 0.2) is 0 Å². The molecule has 0 aliphatic carbocycles. The molecule has 0 radical (unpaired) electrons. The van der Waals surface area contributed by atoms with Crippen molar-refractivity contribution in [3.8, 4) is 0 Å². The molecule has 1 aliphatic heterocycles. The molecule has 1 fully saturated rings. The van der Waals surface area contributed by atoms with Gasteiger partial charge in [-0.25, -0.2) is 0 Å². The topological polar surface area (TPSA) is 64.7 Å². The summed E-state index contributed by atoms with van der Waals surface area (Å²) < 4.78 is 0. The van der Waals surface area contributed by atoms with Gasteiger partial charge in [0.25, 0.3) is 0 Å². The predicted octanol–water partition coefficient (Wildman–Crippen LogP) is 2.12. The average Bonchev–Trinajstić information content (AvgIpc) is 2.60. The molecule has 0 spiro atoms. The Hall–Kier alpha value is -1.63. The second-order valence-electron chi connectivity index (χ2n) is 6.89. The van der Waals surface area contributed by atoms with Gasteiger partial charge in [-0.05, 0) is 38.0 Å². The van der Waals surface area contributed by atoms with Crippen LogP contribution in [-0.2, 0) is 9.59 Å². The third-order valence-electron chi connectivity index (χ3n) is 4.76. The molecule has 6 nitrogen and oxygen atoms in total. The maximum atomic E-state index is 12.3. The first-order chi connectivity index (χ1) is 12.4. The van der Waals surface area contributed by atoms with Crippen LogP contribution < -0.4 is 10.6 Å². The van der Waals surface area contributed by atoms with Crippen molar-refractivity contribution < 1.29 is 9.59 Å². The molecule has 0 saturated carbocycles. The Morgan fingerprint density at radius 3 is 2.27 bits per heavy atom. The minimum absolute atomic E-state index is 0.0432. The zero-order valence-electron chi connectivity index (χ0n) is 15.8. The van der Waals surface area contributed by atoms with Crippen LogP contribution in [0.1, 0.15) is 25.8 Å². The lowest BCUT2D eigenvalue weighted by Crippen LogP contribution is -2.51. The van der Waals surface area contributed by atoms with Gasteiger partial charge in [-0.2, -0.15) is 0 Å². The molecule has 1 aromatic carbocycles. The van der Waals surface area contributed by atoms with E-state index in [2.05, 4.69) is 27.4 Å². The number of carbonyl (C=O) groups excluding carboxylic acids is 2. The van der Waals surface area contributed by atoms with Crippen LogP contribution in [0.2, 0.25) is 5.02 Å². The van der Waals surface area contributed by atoms with Crippen molar-refractivity contribution in [1.29, 1.82) is 0 Å². The largest absolute Gasteiger partial charge is 0.353 e. The van der Waals surface area contributed by atoms with Crippen molar-refractivity contribution in [1.82, 2.24) is 15.1 Å². The number of benzene rings is 1. The molecular formula is C19H29ClN4O2. The molecule has 1 aliphatic rings. The van der Waals surface area contributed by atoms with Crippen LogP contribution in [0, 0.1) is 6.92 Å². The van der Waals surface area contributed by atoms with E-state index in [4.69, 9.17) is 11.6 Å². The van der Waals surface area contributed by atoms with E-state index in [-0.39, 0.29) is 17.9 Å².